The second-order valence-electron chi connectivity index (χ2n) is 6.44. The summed E-state index contributed by atoms with van der Waals surface area (Å²) in [5.74, 6) is -0.879. The van der Waals surface area contributed by atoms with Gasteiger partial charge in [-0.15, -0.1) is 0 Å². The number of hydrogen-bond donors (Lipinski definition) is 3. The molecule has 3 N–H and O–H groups in total. The van der Waals surface area contributed by atoms with Gasteiger partial charge in [-0.2, -0.15) is 0 Å². The minimum absolute atomic E-state index is 0.0301. The predicted octanol–water partition coefficient (Wildman–Crippen LogP) is 1.43. The topological polar surface area (TPSA) is 89.9 Å². The van der Waals surface area contributed by atoms with Crippen LogP contribution in [-0.4, -0.2) is 52.3 Å². The molecule has 120 valence electrons. The number of aliphatic carboxylic acids is 1. The highest BCUT2D eigenvalue weighted by molar-refractivity contribution is 5.82. The number of carbonyl (C=O) groups is 2. The third-order valence-electron chi connectivity index (χ3n) is 4.81. The number of carbonyl (C=O) groups excluding carboxylic acids is 1. The lowest BCUT2D eigenvalue weighted by Gasteiger charge is -2.36. The standard InChI is InChI=1S/C15H26N2O4/c1-10-9-17(8-7-12(10)18)15(21)16-13(14(19)20)11-5-3-2-4-6-11/h10-13,18H,2-9H2,1H3,(H,16,21)(H,19,20). The second kappa shape index (κ2) is 7.11. The highest BCUT2D eigenvalue weighted by Crippen LogP contribution is 2.27. The molecule has 21 heavy (non-hydrogen) atoms. The van der Waals surface area contributed by atoms with Crippen LogP contribution in [0, 0.1) is 11.8 Å². The lowest BCUT2D eigenvalue weighted by atomic mass is 9.84. The van der Waals surface area contributed by atoms with E-state index in [-0.39, 0.29) is 24.0 Å². The summed E-state index contributed by atoms with van der Waals surface area (Å²) in [7, 11) is 0. The number of likely N-dealkylation sites (tertiary alicyclic amines) is 1. The number of nitrogens with zero attached hydrogens (tertiary/aromatic N) is 1. The SMILES string of the molecule is CC1CN(C(=O)NC(C(=O)O)C2CCCCC2)CCC1O. The van der Waals surface area contributed by atoms with Crippen LogP contribution in [0.4, 0.5) is 4.79 Å². The Kier molecular flexibility index (Phi) is 5.45. The first-order chi connectivity index (χ1) is 9.99. The van der Waals surface area contributed by atoms with Gasteiger partial charge in [0, 0.05) is 13.1 Å². The van der Waals surface area contributed by atoms with E-state index in [1.165, 1.54) is 0 Å². The minimum Gasteiger partial charge on any atom is -0.480 e. The smallest absolute Gasteiger partial charge is 0.326 e. The summed E-state index contributed by atoms with van der Waals surface area (Å²) >= 11 is 0. The Morgan fingerprint density at radius 1 is 1.19 bits per heavy atom. The van der Waals surface area contributed by atoms with E-state index in [4.69, 9.17) is 0 Å². The zero-order chi connectivity index (χ0) is 15.4. The highest BCUT2D eigenvalue weighted by atomic mass is 16.4. The van der Waals surface area contributed by atoms with Crippen LogP contribution in [-0.2, 0) is 4.79 Å². The Morgan fingerprint density at radius 2 is 1.86 bits per heavy atom. The first-order valence-electron chi connectivity index (χ1n) is 7.95. The molecule has 2 fully saturated rings. The molecule has 0 aromatic heterocycles. The molecule has 6 heteroatoms. The van der Waals surface area contributed by atoms with Gasteiger partial charge < -0.3 is 20.4 Å². The maximum atomic E-state index is 12.3. The molecular weight excluding hydrogens is 272 g/mol. The number of amides is 2. The van der Waals surface area contributed by atoms with E-state index in [9.17, 15) is 19.8 Å². The van der Waals surface area contributed by atoms with Gasteiger partial charge in [-0.3, -0.25) is 0 Å². The fourth-order valence-corrected chi connectivity index (χ4v) is 3.39. The van der Waals surface area contributed by atoms with Crippen molar-refractivity contribution in [2.24, 2.45) is 11.8 Å². The molecule has 0 radical (unpaired) electrons. The largest absolute Gasteiger partial charge is 0.480 e. The van der Waals surface area contributed by atoms with Gasteiger partial charge in [0.05, 0.1) is 6.10 Å². The first kappa shape index (κ1) is 16.1. The van der Waals surface area contributed by atoms with Gasteiger partial charge in [0.2, 0.25) is 0 Å². The number of rotatable bonds is 3. The molecule has 1 heterocycles. The van der Waals surface area contributed by atoms with Crippen molar-refractivity contribution < 1.29 is 19.8 Å². The molecule has 2 aliphatic rings. The zero-order valence-electron chi connectivity index (χ0n) is 12.6. The van der Waals surface area contributed by atoms with Crippen LogP contribution >= 0.6 is 0 Å². The van der Waals surface area contributed by atoms with Crippen molar-refractivity contribution in [2.45, 2.75) is 57.6 Å². The molecule has 2 rings (SSSR count). The third-order valence-corrected chi connectivity index (χ3v) is 4.81. The summed E-state index contributed by atoms with van der Waals surface area (Å²) in [6, 6.07) is -1.10. The van der Waals surface area contributed by atoms with Gasteiger partial charge in [0.15, 0.2) is 0 Å². The molecular formula is C15H26N2O4. The monoisotopic (exact) mass is 298 g/mol. The lowest BCUT2D eigenvalue weighted by molar-refractivity contribution is -0.141. The first-order valence-corrected chi connectivity index (χ1v) is 7.95. The molecule has 0 bridgehead atoms. The minimum atomic E-state index is -0.944. The Morgan fingerprint density at radius 3 is 2.43 bits per heavy atom. The molecule has 1 saturated heterocycles. The Labute approximate surface area is 125 Å². The quantitative estimate of drug-likeness (QED) is 0.735. The second-order valence-corrected chi connectivity index (χ2v) is 6.44. The molecule has 2 amide bonds. The maximum absolute atomic E-state index is 12.3. The average molecular weight is 298 g/mol. The van der Waals surface area contributed by atoms with Crippen molar-refractivity contribution in [1.29, 1.82) is 0 Å². The van der Waals surface area contributed by atoms with Gasteiger partial charge in [0.1, 0.15) is 6.04 Å². The van der Waals surface area contributed by atoms with Crippen molar-refractivity contribution in [3.63, 3.8) is 0 Å². The van der Waals surface area contributed by atoms with Gasteiger partial charge in [0.25, 0.3) is 0 Å². The normalized spacial score (nSPS) is 29.0. The van der Waals surface area contributed by atoms with Crippen molar-refractivity contribution in [2.75, 3.05) is 13.1 Å². The van der Waals surface area contributed by atoms with Crippen LogP contribution in [0.25, 0.3) is 0 Å². The fourth-order valence-electron chi connectivity index (χ4n) is 3.39. The number of nitrogens with one attached hydrogen (secondary N) is 1. The number of carboxylic acid groups (broad SMARTS) is 1. The van der Waals surface area contributed by atoms with E-state index in [2.05, 4.69) is 5.32 Å². The van der Waals surface area contributed by atoms with E-state index in [1.807, 2.05) is 6.92 Å². The average Bonchev–Trinajstić information content (AvgIpc) is 2.48. The molecule has 1 aliphatic heterocycles. The number of aliphatic hydroxyl groups excluding tert-OH is 1. The number of hydrogen-bond acceptors (Lipinski definition) is 3. The van der Waals surface area contributed by atoms with E-state index in [0.717, 1.165) is 32.1 Å². The fraction of sp³-hybridized carbons (Fsp3) is 0.867. The van der Waals surface area contributed by atoms with Crippen molar-refractivity contribution in [1.82, 2.24) is 10.2 Å². The zero-order valence-corrected chi connectivity index (χ0v) is 12.6. The molecule has 3 unspecified atom stereocenters. The Bertz CT molecular complexity index is 382. The summed E-state index contributed by atoms with van der Waals surface area (Å²) in [5, 5.41) is 21.8. The van der Waals surface area contributed by atoms with Crippen LogP contribution in [0.15, 0.2) is 0 Å². The van der Waals surface area contributed by atoms with E-state index < -0.39 is 12.0 Å². The summed E-state index contributed by atoms with van der Waals surface area (Å²) < 4.78 is 0. The summed E-state index contributed by atoms with van der Waals surface area (Å²) in [6.45, 7) is 2.86. The van der Waals surface area contributed by atoms with Crippen LogP contribution < -0.4 is 5.32 Å². The number of piperidine rings is 1. The highest BCUT2D eigenvalue weighted by Gasteiger charge is 2.33. The lowest BCUT2D eigenvalue weighted by Crippen LogP contribution is -2.54. The Hall–Kier alpha value is -1.30. The summed E-state index contributed by atoms with van der Waals surface area (Å²) in [4.78, 5) is 25.4. The summed E-state index contributed by atoms with van der Waals surface area (Å²) in [5.41, 5.74) is 0. The molecule has 3 atom stereocenters. The molecule has 0 aromatic rings. The summed E-state index contributed by atoms with van der Waals surface area (Å²) in [6.07, 6.45) is 5.14. The molecule has 1 saturated carbocycles. The third kappa shape index (κ3) is 4.09. The van der Waals surface area contributed by atoms with E-state index in [0.29, 0.717) is 19.5 Å². The van der Waals surface area contributed by atoms with Crippen LogP contribution in [0.5, 0.6) is 0 Å². The maximum Gasteiger partial charge on any atom is 0.326 e. The van der Waals surface area contributed by atoms with Crippen LogP contribution in [0.1, 0.15) is 45.4 Å². The van der Waals surface area contributed by atoms with Crippen LogP contribution in [0.3, 0.4) is 0 Å². The Balaban J connectivity index is 1.93. The van der Waals surface area contributed by atoms with Gasteiger partial charge >= 0.3 is 12.0 Å². The number of carboxylic acids is 1. The van der Waals surface area contributed by atoms with Gasteiger partial charge in [-0.1, -0.05) is 26.2 Å². The van der Waals surface area contributed by atoms with Gasteiger partial charge in [-0.05, 0) is 31.1 Å². The molecule has 0 spiro atoms. The molecule has 1 aliphatic carbocycles. The predicted molar refractivity (Wildman–Crippen MR) is 77.9 cm³/mol. The number of aliphatic hydroxyl groups is 1. The van der Waals surface area contributed by atoms with Crippen molar-refractivity contribution in [3.05, 3.63) is 0 Å². The molecule has 0 aromatic carbocycles. The van der Waals surface area contributed by atoms with Gasteiger partial charge in [-0.25, -0.2) is 9.59 Å². The van der Waals surface area contributed by atoms with E-state index >= 15 is 0 Å². The van der Waals surface area contributed by atoms with Crippen molar-refractivity contribution in [3.8, 4) is 0 Å². The number of urea groups is 1. The van der Waals surface area contributed by atoms with E-state index in [1.54, 1.807) is 4.90 Å². The van der Waals surface area contributed by atoms with Crippen LogP contribution in [0.2, 0.25) is 0 Å². The molecule has 6 nitrogen and oxygen atoms in total. The van der Waals surface area contributed by atoms with Crippen molar-refractivity contribution >= 4 is 12.0 Å².